The van der Waals surface area contributed by atoms with Crippen LogP contribution in [0.3, 0.4) is 0 Å². The molecule has 13 heteroatoms. The molecule has 0 atom stereocenters. The maximum atomic E-state index is 11.1. The summed E-state index contributed by atoms with van der Waals surface area (Å²) in [5, 5.41) is 0. The van der Waals surface area contributed by atoms with Crippen molar-refractivity contribution < 1.29 is 60.1 Å². The van der Waals surface area contributed by atoms with E-state index in [-0.39, 0.29) is 51.9 Å². The van der Waals surface area contributed by atoms with Crippen LogP contribution in [0, 0.1) is 7.14 Å². The molecular weight excluding hydrogens is 885 g/mol. The van der Waals surface area contributed by atoms with Gasteiger partial charge in [0.2, 0.25) is 5.69 Å². The Morgan fingerprint density at radius 1 is 0.750 bits per heavy atom. The second-order valence-electron chi connectivity index (χ2n) is 12.9. The van der Waals surface area contributed by atoms with Crippen LogP contribution < -0.4 is 34.5 Å². The Kier molecular flexibility index (Phi) is 14.8. The number of rotatable bonds is 14. The van der Waals surface area contributed by atoms with Crippen LogP contribution in [0.1, 0.15) is 64.5 Å². The first-order valence-corrected chi connectivity index (χ1v) is 20.8. The van der Waals surface area contributed by atoms with Crippen molar-refractivity contribution in [3.8, 4) is 0 Å². The third-order valence-corrected chi connectivity index (χ3v) is 11.6. The van der Waals surface area contributed by atoms with Crippen LogP contribution in [-0.4, -0.2) is 60.8 Å². The van der Waals surface area contributed by atoms with E-state index in [1.165, 1.54) is 11.1 Å². The summed E-state index contributed by atoms with van der Waals surface area (Å²) in [4.78, 5) is 2.23. The summed E-state index contributed by atoms with van der Waals surface area (Å²) in [6.07, 6.45) is 15.9. The van der Waals surface area contributed by atoms with E-state index in [0.29, 0.717) is 38.8 Å². The molecule has 0 fully saturated rings. The first-order valence-electron chi connectivity index (χ1n) is 15.5. The molecule has 8 nitrogen and oxygen atoms in total. The Balaban J connectivity index is 0.00000625. The molecule has 254 valence electrons. The second-order valence-corrected chi connectivity index (χ2v) is 18.4. The summed E-state index contributed by atoms with van der Waals surface area (Å²) < 4.78 is 71.2. The molecule has 0 N–H and O–H groups in total. The Hall–Kier alpha value is -0.850. The van der Waals surface area contributed by atoms with Crippen LogP contribution >= 0.6 is 45.2 Å². The number of nitrogens with zero attached hydrogens (tertiary/aromatic N) is 2. The van der Waals surface area contributed by atoms with Gasteiger partial charge in [0.05, 0.1) is 25.7 Å². The number of fused-ring (bicyclic) bond motifs is 2. The molecule has 0 amide bonds. The molecule has 0 saturated carbocycles. The molecule has 2 aliphatic heterocycles. The standard InChI is InChI=1S/C35H42I2N2O6S2.Na/c1-34(2)28-24-26(36)16-18-30(28)38(20-10-12-22-46(40,41)42)32(34)14-8-6-5-7-9-15-33-35(3,4)29-25-27(37)17-19-31(29)39(33)21-11-13-23-47(43,44)45;/h5-9,14-19,24-25H,10-13,20-23H2,1-4H3,(H-,40,41,42,43,44,45);/q;+1/p-1. The van der Waals surface area contributed by atoms with E-state index in [1.807, 2.05) is 30.4 Å². The van der Waals surface area contributed by atoms with Gasteiger partial charge in [0, 0.05) is 66.1 Å². The van der Waals surface area contributed by atoms with E-state index < -0.39 is 20.2 Å². The Morgan fingerprint density at radius 2 is 1.31 bits per heavy atom. The molecule has 48 heavy (non-hydrogen) atoms. The van der Waals surface area contributed by atoms with Gasteiger partial charge < -0.3 is 14.0 Å². The number of hydrogen-bond donors (Lipinski definition) is 0. The fourth-order valence-corrected chi connectivity index (χ4v) is 8.46. The minimum Gasteiger partial charge on any atom is -0.748 e. The monoisotopic (exact) mass is 926 g/mol. The summed E-state index contributed by atoms with van der Waals surface area (Å²) in [5.74, 6) is -0.710. The van der Waals surface area contributed by atoms with Crippen LogP contribution in [0.25, 0.3) is 0 Å². The van der Waals surface area contributed by atoms with Crippen molar-refractivity contribution in [1.82, 2.24) is 0 Å². The minimum absolute atomic E-state index is 0. The molecular formula is C35H41I2N2NaO6S2. The number of hydrogen-bond acceptors (Lipinski definition) is 7. The molecule has 0 bridgehead atoms. The van der Waals surface area contributed by atoms with Crippen molar-refractivity contribution in [2.45, 2.75) is 64.2 Å². The summed E-state index contributed by atoms with van der Waals surface area (Å²) in [6, 6.07) is 12.7. The maximum Gasteiger partial charge on any atom is 1.00 e. The van der Waals surface area contributed by atoms with Gasteiger partial charge in [-0.2, -0.15) is 4.58 Å². The largest absolute Gasteiger partial charge is 1.00 e. The maximum absolute atomic E-state index is 11.1. The van der Waals surface area contributed by atoms with Gasteiger partial charge in [-0.3, -0.25) is 0 Å². The Bertz CT molecular complexity index is 1880. The number of benzene rings is 2. The number of anilines is 1. The molecule has 0 spiro atoms. The summed E-state index contributed by atoms with van der Waals surface area (Å²) in [7, 11) is -8.46. The molecule has 0 saturated heterocycles. The molecule has 2 heterocycles. The van der Waals surface area contributed by atoms with E-state index in [1.54, 1.807) is 0 Å². The fourth-order valence-electron chi connectivity index (χ4n) is 6.36. The SMILES string of the molecule is CC1(C)C(/C=C/C=C/C=C/C=C2/N(CCCCS(=O)(=O)[O-])c3ccc(I)cc3C2(C)C)=[N+](CCCCS(=O)(=O)[O-])c2ccc(I)cc21.[Na+]. The minimum atomic E-state index is -4.23. The van der Waals surface area contributed by atoms with Crippen LogP contribution in [-0.2, 0) is 31.1 Å². The van der Waals surface area contributed by atoms with Gasteiger partial charge in [0.1, 0.15) is 6.54 Å². The van der Waals surface area contributed by atoms with Gasteiger partial charge >= 0.3 is 29.6 Å². The van der Waals surface area contributed by atoms with Crippen LogP contribution in [0.2, 0.25) is 0 Å². The molecule has 0 aliphatic carbocycles. The normalized spacial score (nSPS) is 18.0. The summed E-state index contributed by atoms with van der Waals surface area (Å²) in [5.41, 5.74) is 6.33. The van der Waals surface area contributed by atoms with Crippen molar-refractivity contribution >= 4 is 82.5 Å². The molecule has 2 aromatic carbocycles. The van der Waals surface area contributed by atoms with Gasteiger partial charge in [-0.05, 0) is 120 Å². The average Bonchev–Trinajstić information content (AvgIpc) is 3.29. The second kappa shape index (κ2) is 17.1. The smallest absolute Gasteiger partial charge is 0.748 e. The van der Waals surface area contributed by atoms with Crippen molar-refractivity contribution in [2.75, 3.05) is 29.5 Å². The van der Waals surface area contributed by atoms with Crippen molar-refractivity contribution in [3.63, 3.8) is 0 Å². The Morgan fingerprint density at radius 3 is 1.96 bits per heavy atom. The van der Waals surface area contributed by atoms with E-state index in [4.69, 9.17) is 0 Å². The van der Waals surface area contributed by atoms with Crippen molar-refractivity contribution in [3.05, 3.63) is 103 Å². The fraction of sp³-hybridized carbons (Fsp3) is 0.400. The number of allylic oxidation sites excluding steroid dienone is 8. The third-order valence-electron chi connectivity index (χ3n) is 8.71. The first kappa shape index (κ1) is 41.6. The zero-order valence-corrected chi connectivity index (χ0v) is 36.0. The molecule has 0 unspecified atom stereocenters. The van der Waals surface area contributed by atoms with Crippen LogP contribution in [0.4, 0.5) is 11.4 Å². The third kappa shape index (κ3) is 10.6. The average molecular weight is 927 g/mol. The first-order chi connectivity index (χ1) is 21.9. The predicted molar refractivity (Wildman–Crippen MR) is 205 cm³/mol. The zero-order valence-electron chi connectivity index (χ0n) is 28.1. The number of unbranched alkanes of at least 4 members (excludes halogenated alkanes) is 2. The molecule has 2 aliphatic rings. The van der Waals surface area contributed by atoms with Crippen molar-refractivity contribution in [1.29, 1.82) is 0 Å². The number of halogens is 2. The van der Waals surface area contributed by atoms with E-state index in [0.717, 1.165) is 29.9 Å². The molecule has 4 rings (SSSR count). The van der Waals surface area contributed by atoms with Gasteiger partial charge in [0.15, 0.2) is 5.71 Å². The molecule has 0 aromatic heterocycles. The van der Waals surface area contributed by atoms with Crippen LogP contribution in [0.5, 0.6) is 0 Å². The summed E-state index contributed by atoms with van der Waals surface area (Å²) in [6.45, 7) is 9.98. The quantitative estimate of drug-likeness (QED) is 0.0694. The molecule has 0 radical (unpaired) electrons. The zero-order chi connectivity index (χ0) is 34.6. The van der Waals surface area contributed by atoms with Gasteiger partial charge in [-0.15, -0.1) is 0 Å². The molecule has 2 aromatic rings. The van der Waals surface area contributed by atoms with Gasteiger partial charge in [0.25, 0.3) is 0 Å². The van der Waals surface area contributed by atoms with E-state index in [9.17, 15) is 25.9 Å². The van der Waals surface area contributed by atoms with Gasteiger partial charge in [-0.1, -0.05) is 44.2 Å². The topological polar surface area (TPSA) is 121 Å². The van der Waals surface area contributed by atoms with Crippen molar-refractivity contribution in [2.24, 2.45) is 0 Å². The summed E-state index contributed by atoms with van der Waals surface area (Å²) >= 11 is 4.63. The van der Waals surface area contributed by atoms with Crippen LogP contribution in [0.15, 0.2) is 84.6 Å². The van der Waals surface area contributed by atoms with E-state index in [2.05, 4.69) is 131 Å². The van der Waals surface area contributed by atoms with E-state index >= 15 is 0 Å². The predicted octanol–water partition coefficient (Wildman–Crippen LogP) is 4.28. The van der Waals surface area contributed by atoms with Gasteiger partial charge in [-0.25, -0.2) is 16.8 Å². The Labute approximate surface area is 335 Å².